The molecule has 0 bridgehead atoms. The lowest BCUT2D eigenvalue weighted by atomic mass is 9.99. The summed E-state index contributed by atoms with van der Waals surface area (Å²) in [5.41, 5.74) is 0. The molecule has 1 aromatic rings. The van der Waals surface area contributed by atoms with E-state index in [1.807, 2.05) is 0 Å². The average Bonchev–Trinajstić information content (AvgIpc) is 2.94. The molecule has 1 heterocycles. The smallest absolute Gasteiger partial charge is 0.328 e. The number of carboxylic acid groups (broad SMARTS) is 1. The third-order valence-electron chi connectivity index (χ3n) is 3.34. The van der Waals surface area contributed by atoms with E-state index in [1.165, 1.54) is 30.3 Å². The maximum Gasteiger partial charge on any atom is 0.328 e. The number of carbonyl (C=O) groups excluding carboxylic acids is 1. The van der Waals surface area contributed by atoms with E-state index in [9.17, 15) is 9.59 Å². The second-order valence-electron chi connectivity index (χ2n) is 5.00. The van der Waals surface area contributed by atoms with Gasteiger partial charge in [0.05, 0.1) is 4.88 Å². The highest BCUT2D eigenvalue weighted by Gasteiger charge is 2.11. The molecule has 1 aromatic heterocycles. The number of thiophene rings is 1. The Bertz CT molecular complexity index is 493. The topological polar surface area (TPSA) is 66.4 Å². The van der Waals surface area contributed by atoms with Crippen LogP contribution in [0.25, 0.3) is 6.08 Å². The van der Waals surface area contributed by atoms with Gasteiger partial charge in [0.2, 0.25) is 0 Å². The molecule has 2 N–H and O–H groups in total. The van der Waals surface area contributed by atoms with Gasteiger partial charge in [0, 0.05) is 17.5 Å². The average molecular weight is 309 g/mol. The minimum absolute atomic E-state index is 0.0788. The van der Waals surface area contributed by atoms with Gasteiger partial charge in [-0.1, -0.05) is 33.1 Å². The van der Waals surface area contributed by atoms with Crippen LogP contribution < -0.4 is 5.32 Å². The number of unbranched alkanes of at least 4 members (excludes halogenated alkanes) is 1. The molecule has 1 rings (SSSR count). The van der Waals surface area contributed by atoms with Gasteiger partial charge in [0.1, 0.15) is 0 Å². The Labute approximate surface area is 129 Å². The number of hydrogen-bond donors (Lipinski definition) is 2. The molecule has 0 aliphatic heterocycles. The van der Waals surface area contributed by atoms with Gasteiger partial charge in [-0.15, -0.1) is 11.3 Å². The first kappa shape index (κ1) is 17.4. The molecular weight excluding hydrogens is 286 g/mol. The van der Waals surface area contributed by atoms with Gasteiger partial charge in [0.25, 0.3) is 5.91 Å². The Kier molecular flexibility index (Phi) is 7.75. The van der Waals surface area contributed by atoms with Gasteiger partial charge in [0.15, 0.2) is 0 Å². The number of amides is 1. The van der Waals surface area contributed by atoms with Crippen LogP contribution in [0.2, 0.25) is 0 Å². The summed E-state index contributed by atoms with van der Waals surface area (Å²) >= 11 is 1.30. The van der Waals surface area contributed by atoms with Crippen LogP contribution in [0.4, 0.5) is 0 Å². The Hall–Kier alpha value is -1.62. The zero-order chi connectivity index (χ0) is 15.7. The van der Waals surface area contributed by atoms with Crippen molar-refractivity contribution >= 4 is 29.3 Å². The van der Waals surface area contributed by atoms with Crippen molar-refractivity contribution in [1.29, 1.82) is 0 Å². The SMILES string of the molecule is CCCCC(CC)CNC(=O)c1ccc(/C=C/C(=O)O)s1. The molecule has 5 heteroatoms. The van der Waals surface area contributed by atoms with Crippen molar-refractivity contribution in [2.24, 2.45) is 5.92 Å². The van der Waals surface area contributed by atoms with E-state index in [-0.39, 0.29) is 5.91 Å². The van der Waals surface area contributed by atoms with E-state index in [4.69, 9.17) is 5.11 Å². The highest BCUT2D eigenvalue weighted by Crippen LogP contribution is 2.18. The largest absolute Gasteiger partial charge is 0.478 e. The molecule has 1 amide bonds. The second kappa shape index (κ2) is 9.34. The van der Waals surface area contributed by atoms with Crippen molar-refractivity contribution in [3.63, 3.8) is 0 Å². The van der Waals surface area contributed by atoms with Crippen LogP contribution in [0.1, 0.15) is 54.1 Å². The predicted molar refractivity (Wildman–Crippen MR) is 86.6 cm³/mol. The third kappa shape index (κ3) is 6.58. The Morgan fingerprint density at radius 1 is 1.38 bits per heavy atom. The first-order valence-corrected chi connectivity index (χ1v) is 8.17. The summed E-state index contributed by atoms with van der Waals surface area (Å²) in [6.07, 6.45) is 7.15. The molecule has 0 aliphatic carbocycles. The highest BCUT2D eigenvalue weighted by molar-refractivity contribution is 7.14. The Balaban J connectivity index is 2.50. The first-order valence-electron chi connectivity index (χ1n) is 7.35. The molecule has 116 valence electrons. The zero-order valence-corrected chi connectivity index (χ0v) is 13.4. The lowest BCUT2D eigenvalue weighted by Crippen LogP contribution is -2.28. The summed E-state index contributed by atoms with van der Waals surface area (Å²) in [5, 5.41) is 11.5. The summed E-state index contributed by atoms with van der Waals surface area (Å²) in [7, 11) is 0. The van der Waals surface area contributed by atoms with Crippen LogP contribution in [0, 0.1) is 5.92 Å². The molecule has 21 heavy (non-hydrogen) atoms. The number of rotatable bonds is 9. The molecule has 0 spiro atoms. The molecule has 0 saturated carbocycles. The van der Waals surface area contributed by atoms with Gasteiger partial charge >= 0.3 is 5.97 Å². The van der Waals surface area contributed by atoms with Crippen LogP contribution in [-0.4, -0.2) is 23.5 Å². The fraction of sp³-hybridized carbons (Fsp3) is 0.500. The summed E-state index contributed by atoms with van der Waals surface area (Å²) in [4.78, 5) is 23.9. The molecule has 0 fully saturated rings. The standard InChI is InChI=1S/C16H23NO3S/c1-3-5-6-12(4-2)11-17-16(20)14-9-7-13(21-14)8-10-15(18)19/h7-10,12H,3-6,11H2,1-2H3,(H,17,20)(H,18,19)/b10-8+. The van der Waals surface area contributed by atoms with Crippen LogP contribution in [0.15, 0.2) is 18.2 Å². The lowest BCUT2D eigenvalue weighted by Gasteiger charge is -2.14. The van der Waals surface area contributed by atoms with E-state index in [1.54, 1.807) is 12.1 Å². The molecule has 1 atom stereocenters. The molecule has 0 aliphatic rings. The molecule has 1 unspecified atom stereocenters. The third-order valence-corrected chi connectivity index (χ3v) is 4.38. The van der Waals surface area contributed by atoms with Crippen molar-refractivity contribution < 1.29 is 14.7 Å². The van der Waals surface area contributed by atoms with Crippen molar-refractivity contribution in [3.8, 4) is 0 Å². The normalized spacial score (nSPS) is 12.5. The highest BCUT2D eigenvalue weighted by atomic mass is 32.1. The minimum atomic E-state index is -0.990. The Morgan fingerprint density at radius 3 is 2.76 bits per heavy atom. The summed E-state index contributed by atoms with van der Waals surface area (Å²) in [6.45, 7) is 5.02. The van der Waals surface area contributed by atoms with Crippen molar-refractivity contribution in [1.82, 2.24) is 5.32 Å². The van der Waals surface area contributed by atoms with E-state index < -0.39 is 5.97 Å². The van der Waals surface area contributed by atoms with Gasteiger partial charge in [-0.2, -0.15) is 0 Å². The monoisotopic (exact) mass is 309 g/mol. The first-order chi connectivity index (χ1) is 10.1. The maximum atomic E-state index is 12.0. The minimum Gasteiger partial charge on any atom is -0.478 e. The van der Waals surface area contributed by atoms with Crippen molar-refractivity contribution in [2.75, 3.05) is 6.54 Å². The van der Waals surface area contributed by atoms with E-state index in [0.29, 0.717) is 17.3 Å². The van der Waals surface area contributed by atoms with Gasteiger partial charge in [-0.05, 0) is 30.5 Å². The predicted octanol–water partition coefficient (Wildman–Crippen LogP) is 3.79. The van der Waals surface area contributed by atoms with E-state index in [0.717, 1.165) is 23.8 Å². The summed E-state index contributed by atoms with van der Waals surface area (Å²) in [6, 6.07) is 3.49. The van der Waals surface area contributed by atoms with Crippen molar-refractivity contribution in [2.45, 2.75) is 39.5 Å². The van der Waals surface area contributed by atoms with Crippen molar-refractivity contribution in [3.05, 3.63) is 28.0 Å². The molecule has 0 aromatic carbocycles. The fourth-order valence-corrected chi connectivity index (χ4v) is 2.81. The molecule has 0 saturated heterocycles. The second-order valence-corrected chi connectivity index (χ2v) is 6.12. The number of hydrogen-bond acceptors (Lipinski definition) is 3. The fourth-order valence-electron chi connectivity index (χ4n) is 1.99. The van der Waals surface area contributed by atoms with Gasteiger partial charge < -0.3 is 10.4 Å². The zero-order valence-electron chi connectivity index (χ0n) is 12.6. The quantitative estimate of drug-likeness (QED) is 0.682. The maximum absolute atomic E-state index is 12.0. The number of nitrogens with one attached hydrogen (secondary N) is 1. The molecular formula is C16H23NO3S. The van der Waals surface area contributed by atoms with Crippen LogP contribution in [0.3, 0.4) is 0 Å². The van der Waals surface area contributed by atoms with E-state index >= 15 is 0 Å². The van der Waals surface area contributed by atoms with Crippen LogP contribution >= 0.6 is 11.3 Å². The molecule has 0 radical (unpaired) electrons. The van der Waals surface area contributed by atoms with Gasteiger partial charge in [-0.25, -0.2) is 4.79 Å². The number of carbonyl (C=O) groups is 2. The number of carboxylic acids is 1. The lowest BCUT2D eigenvalue weighted by molar-refractivity contribution is -0.131. The van der Waals surface area contributed by atoms with Gasteiger partial charge in [-0.3, -0.25) is 4.79 Å². The van der Waals surface area contributed by atoms with E-state index in [2.05, 4.69) is 19.2 Å². The summed E-state index contributed by atoms with van der Waals surface area (Å²) in [5.74, 6) is -0.540. The summed E-state index contributed by atoms with van der Waals surface area (Å²) < 4.78 is 0. The number of aliphatic carboxylic acids is 1. The Morgan fingerprint density at radius 2 is 2.14 bits per heavy atom. The molecule has 4 nitrogen and oxygen atoms in total. The van der Waals surface area contributed by atoms with Crippen LogP contribution in [-0.2, 0) is 4.79 Å². The van der Waals surface area contributed by atoms with Crippen LogP contribution in [0.5, 0.6) is 0 Å².